The third kappa shape index (κ3) is 3.84. The van der Waals surface area contributed by atoms with Crippen LogP contribution in [0.15, 0.2) is 48.5 Å². The van der Waals surface area contributed by atoms with Crippen LogP contribution in [0.3, 0.4) is 0 Å². The Morgan fingerprint density at radius 3 is 2.05 bits per heavy atom. The highest BCUT2D eigenvalue weighted by molar-refractivity contribution is 5.66. The van der Waals surface area contributed by atoms with Crippen molar-refractivity contribution in [2.45, 2.75) is 12.8 Å². The molecule has 102 valence electrons. The van der Waals surface area contributed by atoms with Gasteiger partial charge in [0.1, 0.15) is 0 Å². The average molecular weight is 266 g/mol. The average Bonchev–Trinajstić information content (AvgIpc) is 2.52. The van der Waals surface area contributed by atoms with Crippen molar-refractivity contribution in [3.05, 3.63) is 54.1 Å². The largest absolute Gasteiger partial charge is 0.396 e. The van der Waals surface area contributed by atoms with Gasteiger partial charge in [-0.05, 0) is 48.2 Å². The van der Waals surface area contributed by atoms with Gasteiger partial charge in [0.2, 0.25) is 0 Å². The molecule has 2 rings (SSSR count). The first kappa shape index (κ1) is 14.1. The molecule has 2 aromatic rings. The molecule has 0 amide bonds. The third-order valence-electron chi connectivity index (χ3n) is 3.15. The van der Waals surface area contributed by atoms with Crippen LogP contribution in [0.4, 0.5) is 5.69 Å². The van der Waals surface area contributed by atoms with E-state index in [0.29, 0.717) is 5.56 Å². The highest BCUT2D eigenvalue weighted by Crippen LogP contribution is 2.21. The highest BCUT2D eigenvalue weighted by atomic mass is 16.2. The Labute approximate surface area is 119 Å². The molecule has 0 saturated heterocycles. The van der Waals surface area contributed by atoms with Crippen molar-refractivity contribution in [3.63, 3.8) is 0 Å². The molecule has 0 aliphatic heterocycles. The van der Waals surface area contributed by atoms with Gasteiger partial charge in [0.25, 0.3) is 0 Å². The number of nitrogens with zero attached hydrogens (tertiary/aromatic N) is 1. The third-order valence-corrected chi connectivity index (χ3v) is 3.15. The van der Waals surface area contributed by atoms with Crippen LogP contribution in [0, 0.1) is 11.3 Å². The first-order valence-electron chi connectivity index (χ1n) is 6.79. The lowest BCUT2D eigenvalue weighted by Crippen LogP contribution is -2.01. The Bertz CT molecular complexity index is 567. The lowest BCUT2D eigenvalue weighted by atomic mass is 10.0. The van der Waals surface area contributed by atoms with Gasteiger partial charge >= 0.3 is 0 Å². The van der Waals surface area contributed by atoms with E-state index in [0.717, 1.165) is 36.2 Å². The molecule has 2 aromatic carbocycles. The Kier molecular flexibility index (Phi) is 5.16. The maximum Gasteiger partial charge on any atom is 0.0991 e. The minimum Gasteiger partial charge on any atom is -0.396 e. The fourth-order valence-corrected chi connectivity index (χ4v) is 1.99. The Morgan fingerprint density at radius 1 is 0.900 bits per heavy atom. The van der Waals surface area contributed by atoms with E-state index < -0.39 is 0 Å². The van der Waals surface area contributed by atoms with Crippen LogP contribution in [-0.4, -0.2) is 18.3 Å². The maximum absolute atomic E-state index is 8.78. The van der Waals surface area contributed by atoms with Gasteiger partial charge in [-0.15, -0.1) is 0 Å². The van der Waals surface area contributed by atoms with Gasteiger partial charge in [-0.3, -0.25) is 0 Å². The summed E-state index contributed by atoms with van der Waals surface area (Å²) in [4.78, 5) is 0. The van der Waals surface area contributed by atoms with E-state index in [1.54, 1.807) is 0 Å². The van der Waals surface area contributed by atoms with Crippen molar-refractivity contribution in [1.29, 1.82) is 5.26 Å². The van der Waals surface area contributed by atoms with Gasteiger partial charge in [0, 0.05) is 18.8 Å². The second kappa shape index (κ2) is 7.32. The maximum atomic E-state index is 8.78. The van der Waals surface area contributed by atoms with E-state index in [-0.39, 0.29) is 6.61 Å². The summed E-state index contributed by atoms with van der Waals surface area (Å²) < 4.78 is 0. The molecule has 20 heavy (non-hydrogen) atoms. The molecule has 0 bridgehead atoms. The molecule has 3 nitrogen and oxygen atoms in total. The molecule has 0 spiro atoms. The zero-order valence-corrected chi connectivity index (χ0v) is 11.3. The number of nitrogens with one attached hydrogen (secondary N) is 1. The zero-order chi connectivity index (χ0) is 14.2. The smallest absolute Gasteiger partial charge is 0.0991 e. The molecular weight excluding hydrogens is 248 g/mol. The summed E-state index contributed by atoms with van der Waals surface area (Å²) in [5.74, 6) is 0. The number of aliphatic hydroxyl groups is 1. The number of benzene rings is 2. The van der Waals surface area contributed by atoms with E-state index in [9.17, 15) is 0 Å². The number of anilines is 1. The van der Waals surface area contributed by atoms with Gasteiger partial charge in [-0.1, -0.05) is 24.3 Å². The summed E-state index contributed by atoms with van der Waals surface area (Å²) in [5, 5.41) is 20.8. The van der Waals surface area contributed by atoms with Gasteiger partial charge in [-0.2, -0.15) is 5.26 Å². The summed E-state index contributed by atoms with van der Waals surface area (Å²) in [6.07, 6.45) is 1.80. The normalized spacial score (nSPS) is 10.0. The molecule has 3 heteroatoms. The minimum absolute atomic E-state index is 0.249. The molecular formula is C17H18N2O. The van der Waals surface area contributed by atoms with Gasteiger partial charge in [0.05, 0.1) is 11.6 Å². The Balaban J connectivity index is 1.98. The Morgan fingerprint density at radius 2 is 1.50 bits per heavy atom. The predicted octanol–water partition coefficient (Wildman–Crippen LogP) is 3.41. The molecule has 0 heterocycles. The van der Waals surface area contributed by atoms with Crippen molar-refractivity contribution >= 4 is 5.69 Å². The summed E-state index contributed by atoms with van der Waals surface area (Å²) >= 11 is 0. The highest BCUT2D eigenvalue weighted by Gasteiger charge is 1.98. The fourth-order valence-electron chi connectivity index (χ4n) is 1.99. The molecule has 0 aliphatic rings. The number of unbranched alkanes of at least 4 members (excludes halogenated alkanes) is 1. The first-order valence-corrected chi connectivity index (χ1v) is 6.79. The molecule has 0 aliphatic carbocycles. The van der Waals surface area contributed by atoms with Crippen molar-refractivity contribution in [2.75, 3.05) is 18.5 Å². The van der Waals surface area contributed by atoms with Crippen molar-refractivity contribution in [2.24, 2.45) is 0 Å². The van der Waals surface area contributed by atoms with E-state index in [1.165, 1.54) is 0 Å². The molecule has 0 unspecified atom stereocenters. The van der Waals surface area contributed by atoms with Crippen LogP contribution in [0.1, 0.15) is 18.4 Å². The van der Waals surface area contributed by atoms with E-state index in [1.807, 2.05) is 36.4 Å². The number of aliphatic hydroxyl groups excluding tert-OH is 1. The molecule has 0 aromatic heterocycles. The quantitative estimate of drug-likeness (QED) is 0.788. The van der Waals surface area contributed by atoms with Gasteiger partial charge in [0.15, 0.2) is 0 Å². The summed E-state index contributed by atoms with van der Waals surface area (Å²) in [7, 11) is 0. The number of hydrogen-bond donors (Lipinski definition) is 2. The standard InChI is InChI=1S/C17H18N2O/c18-13-14-3-5-15(6-4-14)16-7-9-17(10-8-16)19-11-1-2-12-20/h3-10,19-20H,1-2,11-12H2. The molecule has 0 fully saturated rings. The van der Waals surface area contributed by atoms with Gasteiger partial charge in [-0.25, -0.2) is 0 Å². The molecule has 2 N–H and O–H groups in total. The van der Waals surface area contributed by atoms with Crippen LogP contribution in [0.25, 0.3) is 11.1 Å². The molecule has 0 saturated carbocycles. The van der Waals surface area contributed by atoms with Crippen molar-refractivity contribution < 1.29 is 5.11 Å². The van der Waals surface area contributed by atoms with E-state index in [4.69, 9.17) is 10.4 Å². The minimum atomic E-state index is 0.249. The second-order valence-corrected chi connectivity index (χ2v) is 4.62. The fraction of sp³-hybridized carbons (Fsp3) is 0.235. The van der Waals surface area contributed by atoms with Crippen LogP contribution < -0.4 is 5.32 Å². The summed E-state index contributed by atoms with van der Waals surface area (Å²) in [6.45, 7) is 1.12. The topological polar surface area (TPSA) is 56.0 Å². The second-order valence-electron chi connectivity index (χ2n) is 4.62. The zero-order valence-electron chi connectivity index (χ0n) is 11.3. The number of hydrogen-bond acceptors (Lipinski definition) is 3. The molecule has 0 radical (unpaired) electrons. The number of nitriles is 1. The summed E-state index contributed by atoms with van der Waals surface area (Å²) in [5.41, 5.74) is 4.00. The monoisotopic (exact) mass is 266 g/mol. The van der Waals surface area contributed by atoms with Crippen LogP contribution in [0.2, 0.25) is 0 Å². The predicted molar refractivity (Wildman–Crippen MR) is 81.4 cm³/mol. The first-order chi connectivity index (χ1) is 9.83. The van der Waals surface area contributed by atoms with Crippen LogP contribution in [-0.2, 0) is 0 Å². The van der Waals surface area contributed by atoms with Crippen molar-refractivity contribution in [1.82, 2.24) is 0 Å². The SMILES string of the molecule is N#Cc1ccc(-c2ccc(NCCCCO)cc2)cc1. The summed E-state index contributed by atoms with van der Waals surface area (Å²) in [6, 6.07) is 17.9. The lowest BCUT2D eigenvalue weighted by molar-refractivity contribution is 0.286. The van der Waals surface area contributed by atoms with E-state index in [2.05, 4.69) is 23.5 Å². The lowest BCUT2D eigenvalue weighted by Gasteiger charge is -2.07. The van der Waals surface area contributed by atoms with E-state index >= 15 is 0 Å². The van der Waals surface area contributed by atoms with Crippen LogP contribution in [0.5, 0.6) is 0 Å². The van der Waals surface area contributed by atoms with Crippen LogP contribution >= 0.6 is 0 Å². The van der Waals surface area contributed by atoms with Crippen molar-refractivity contribution in [3.8, 4) is 17.2 Å². The molecule has 0 atom stereocenters. The van der Waals surface area contributed by atoms with Gasteiger partial charge < -0.3 is 10.4 Å². The Hall–Kier alpha value is -2.31. The number of rotatable bonds is 6.